The number of para-hydroxylation sites is 2. The number of carbonyl (C=O) groups is 2. The number of amides is 2. The zero-order valence-electron chi connectivity index (χ0n) is 14.2. The van der Waals surface area contributed by atoms with Gasteiger partial charge in [0, 0.05) is 16.8 Å². The number of hydrogen-bond acceptors (Lipinski definition) is 4. The Labute approximate surface area is 151 Å². The zero-order valence-corrected chi connectivity index (χ0v) is 15.1. The molecule has 1 saturated heterocycles. The Morgan fingerprint density at radius 2 is 1.92 bits per heavy atom. The van der Waals surface area contributed by atoms with Crippen molar-refractivity contribution >= 4 is 34.5 Å². The van der Waals surface area contributed by atoms with Gasteiger partial charge in [-0.25, -0.2) is 0 Å². The van der Waals surface area contributed by atoms with E-state index >= 15 is 0 Å². The molecule has 2 aromatic rings. The molecule has 5 nitrogen and oxygen atoms in total. The second-order valence-corrected chi connectivity index (χ2v) is 7.45. The summed E-state index contributed by atoms with van der Waals surface area (Å²) in [7, 11) is 0. The van der Waals surface area contributed by atoms with Gasteiger partial charge in [0.2, 0.25) is 11.8 Å². The van der Waals surface area contributed by atoms with Crippen LogP contribution in [0.15, 0.2) is 41.8 Å². The van der Waals surface area contributed by atoms with E-state index in [4.69, 9.17) is 0 Å². The van der Waals surface area contributed by atoms with Gasteiger partial charge in [-0.1, -0.05) is 18.2 Å². The summed E-state index contributed by atoms with van der Waals surface area (Å²) in [5.41, 5.74) is 1.29. The van der Waals surface area contributed by atoms with E-state index in [1.807, 2.05) is 41.8 Å². The number of hydrogen-bond donors (Lipinski definition) is 3. The molecule has 0 spiro atoms. The molecular weight excluding hydrogens is 334 g/mol. The van der Waals surface area contributed by atoms with Crippen molar-refractivity contribution in [1.82, 2.24) is 5.32 Å². The maximum Gasteiger partial charge on any atom is 0.229 e. The molecule has 3 rings (SSSR count). The topological polar surface area (TPSA) is 70.2 Å². The fourth-order valence-corrected chi connectivity index (χ4v) is 3.78. The summed E-state index contributed by atoms with van der Waals surface area (Å²) in [6.45, 7) is 2.95. The lowest BCUT2D eigenvalue weighted by Crippen LogP contribution is -2.40. The van der Waals surface area contributed by atoms with Crippen LogP contribution in [0.4, 0.5) is 11.4 Å². The molecule has 0 radical (unpaired) electrons. The molecule has 0 aliphatic carbocycles. The molecule has 0 bridgehead atoms. The Kier molecular flexibility index (Phi) is 5.83. The number of nitrogens with one attached hydrogen (secondary N) is 3. The first-order valence-electron chi connectivity index (χ1n) is 8.57. The molecule has 6 heteroatoms. The van der Waals surface area contributed by atoms with E-state index in [1.165, 1.54) is 0 Å². The van der Waals surface area contributed by atoms with Gasteiger partial charge in [-0.05, 0) is 49.9 Å². The summed E-state index contributed by atoms with van der Waals surface area (Å²) >= 11 is 1.56. The van der Waals surface area contributed by atoms with Crippen LogP contribution in [0.25, 0.3) is 0 Å². The Balaban J connectivity index is 1.64. The van der Waals surface area contributed by atoms with Crippen LogP contribution < -0.4 is 16.0 Å². The Morgan fingerprint density at radius 3 is 2.60 bits per heavy atom. The van der Waals surface area contributed by atoms with Crippen LogP contribution >= 0.6 is 11.3 Å². The van der Waals surface area contributed by atoms with Gasteiger partial charge in [-0.2, -0.15) is 0 Å². The molecule has 0 saturated carbocycles. The average molecular weight is 357 g/mol. The van der Waals surface area contributed by atoms with Gasteiger partial charge in [-0.15, -0.1) is 11.3 Å². The molecule has 1 aliphatic rings. The highest BCUT2D eigenvalue weighted by Gasteiger charge is 2.25. The van der Waals surface area contributed by atoms with Crippen LogP contribution in [0.3, 0.4) is 0 Å². The van der Waals surface area contributed by atoms with Gasteiger partial charge in [0.1, 0.15) is 0 Å². The van der Waals surface area contributed by atoms with E-state index in [2.05, 4.69) is 22.9 Å². The van der Waals surface area contributed by atoms with Crippen molar-refractivity contribution in [3.05, 3.63) is 46.7 Å². The van der Waals surface area contributed by atoms with Crippen molar-refractivity contribution < 1.29 is 9.59 Å². The molecule has 1 aromatic carbocycles. The maximum absolute atomic E-state index is 12.6. The van der Waals surface area contributed by atoms with Crippen LogP contribution in [0.2, 0.25) is 0 Å². The van der Waals surface area contributed by atoms with Crippen molar-refractivity contribution in [3.8, 4) is 0 Å². The largest absolute Gasteiger partial charge is 0.324 e. The predicted octanol–water partition coefficient (Wildman–Crippen LogP) is 3.26. The minimum absolute atomic E-state index is 0.00567. The number of rotatable bonds is 5. The Morgan fingerprint density at radius 1 is 1.16 bits per heavy atom. The van der Waals surface area contributed by atoms with Crippen LogP contribution in [0.5, 0.6) is 0 Å². The molecule has 1 aliphatic heterocycles. The van der Waals surface area contributed by atoms with Crippen LogP contribution in [-0.4, -0.2) is 24.4 Å². The first kappa shape index (κ1) is 17.6. The van der Waals surface area contributed by atoms with Crippen molar-refractivity contribution in [1.29, 1.82) is 0 Å². The van der Waals surface area contributed by atoms with Crippen LogP contribution in [0.1, 0.15) is 24.6 Å². The monoisotopic (exact) mass is 357 g/mol. The quantitative estimate of drug-likeness (QED) is 0.769. The Bertz CT molecular complexity index is 730. The summed E-state index contributed by atoms with van der Waals surface area (Å²) in [5.74, 6) is -0.0564. The third kappa shape index (κ3) is 4.90. The number of benzene rings is 1. The molecule has 1 fully saturated rings. The smallest absolute Gasteiger partial charge is 0.229 e. The highest BCUT2D eigenvalue weighted by molar-refractivity contribution is 7.10. The van der Waals surface area contributed by atoms with E-state index in [9.17, 15) is 9.59 Å². The number of thiophene rings is 1. The van der Waals surface area contributed by atoms with E-state index in [0.29, 0.717) is 23.8 Å². The lowest BCUT2D eigenvalue weighted by Gasteiger charge is -2.27. The van der Waals surface area contributed by atoms with Crippen molar-refractivity contribution in [2.24, 2.45) is 5.92 Å². The molecule has 2 heterocycles. The second-order valence-electron chi connectivity index (χ2n) is 6.42. The standard InChI is InChI=1S/C19H23N3O2S/c1-13-11-14(8-9-20-13)19(24)22-17-7-3-2-6-16(17)21-18(23)12-15-5-4-10-25-15/h2-7,10,13-14,20H,8-9,11-12H2,1H3,(H,21,23)(H,22,24)/t13-,14-/m0/s1. The molecule has 1 aromatic heterocycles. The van der Waals surface area contributed by atoms with Crippen LogP contribution in [0, 0.1) is 5.92 Å². The van der Waals surface area contributed by atoms with Crippen molar-refractivity contribution in [2.45, 2.75) is 32.2 Å². The molecule has 132 valence electrons. The fraction of sp³-hybridized carbons (Fsp3) is 0.368. The van der Waals surface area contributed by atoms with E-state index < -0.39 is 0 Å². The van der Waals surface area contributed by atoms with Gasteiger partial charge >= 0.3 is 0 Å². The normalized spacial score (nSPS) is 20.0. The minimum atomic E-state index is -0.0837. The zero-order chi connectivity index (χ0) is 17.6. The van der Waals surface area contributed by atoms with Crippen molar-refractivity contribution in [3.63, 3.8) is 0 Å². The molecule has 0 unspecified atom stereocenters. The van der Waals surface area contributed by atoms with Gasteiger partial charge in [-0.3, -0.25) is 9.59 Å². The van der Waals surface area contributed by atoms with E-state index in [-0.39, 0.29) is 17.7 Å². The van der Waals surface area contributed by atoms with E-state index in [1.54, 1.807) is 11.3 Å². The first-order valence-corrected chi connectivity index (χ1v) is 9.45. The van der Waals surface area contributed by atoms with Gasteiger partial charge < -0.3 is 16.0 Å². The summed E-state index contributed by atoms with van der Waals surface area (Å²) in [5, 5.41) is 11.2. The summed E-state index contributed by atoms with van der Waals surface area (Å²) in [6.07, 6.45) is 2.01. The van der Waals surface area contributed by atoms with E-state index in [0.717, 1.165) is 24.3 Å². The maximum atomic E-state index is 12.6. The predicted molar refractivity (Wildman–Crippen MR) is 102 cm³/mol. The lowest BCUT2D eigenvalue weighted by molar-refractivity contribution is -0.121. The SMILES string of the molecule is C[C@H]1C[C@@H](C(=O)Nc2ccccc2NC(=O)Cc2cccs2)CCN1. The summed E-state index contributed by atoms with van der Waals surface area (Å²) in [4.78, 5) is 25.8. The second kappa shape index (κ2) is 8.27. The first-order chi connectivity index (χ1) is 12.1. The number of carbonyl (C=O) groups excluding carboxylic acids is 2. The minimum Gasteiger partial charge on any atom is -0.324 e. The molecule has 25 heavy (non-hydrogen) atoms. The van der Waals surface area contributed by atoms with Crippen molar-refractivity contribution in [2.75, 3.05) is 17.2 Å². The molecule has 3 N–H and O–H groups in total. The highest BCUT2D eigenvalue weighted by atomic mass is 32.1. The Hall–Kier alpha value is -2.18. The highest BCUT2D eigenvalue weighted by Crippen LogP contribution is 2.24. The molecule has 2 amide bonds. The third-order valence-corrected chi connectivity index (χ3v) is 5.24. The molecule has 2 atom stereocenters. The summed E-state index contributed by atoms with van der Waals surface area (Å²) in [6, 6.07) is 11.6. The average Bonchev–Trinajstić information content (AvgIpc) is 3.09. The molecular formula is C19H23N3O2S. The fourth-order valence-electron chi connectivity index (χ4n) is 3.07. The van der Waals surface area contributed by atoms with Gasteiger partial charge in [0.15, 0.2) is 0 Å². The number of anilines is 2. The lowest BCUT2D eigenvalue weighted by atomic mass is 9.92. The van der Waals surface area contributed by atoms with Gasteiger partial charge in [0.05, 0.1) is 17.8 Å². The third-order valence-electron chi connectivity index (χ3n) is 4.37. The van der Waals surface area contributed by atoms with Gasteiger partial charge in [0.25, 0.3) is 0 Å². The number of piperidine rings is 1. The van der Waals surface area contributed by atoms with Crippen LogP contribution in [-0.2, 0) is 16.0 Å². The summed E-state index contributed by atoms with van der Waals surface area (Å²) < 4.78 is 0.